The lowest BCUT2D eigenvalue weighted by molar-refractivity contribution is 0.151. The highest BCUT2D eigenvalue weighted by Crippen LogP contribution is 2.33. The minimum absolute atomic E-state index is 0.289. The largest absolute Gasteiger partial charge is 0.450 e. The lowest BCUT2D eigenvalue weighted by Crippen LogP contribution is -2.23. The van der Waals surface area contributed by atoms with Gasteiger partial charge in [-0.3, -0.25) is 4.98 Å². The summed E-state index contributed by atoms with van der Waals surface area (Å²) in [6.07, 6.45) is 2.89. The first kappa shape index (κ1) is 17.8. The van der Waals surface area contributed by atoms with Crippen molar-refractivity contribution in [3.8, 4) is 17.3 Å². The van der Waals surface area contributed by atoms with E-state index in [1.807, 2.05) is 29.8 Å². The van der Waals surface area contributed by atoms with Crippen LogP contribution < -0.4 is 5.32 Å². The van der Waals surface area contributed by atoms with Gasteiger partial charge in [-0.05, 0) is 36.8 Å². The number of aromatic nitrogens is 2. The van der Waals surface area contributed by atoms with Crippen molar-refractivity contribution in [2.45, 2.75) is 13.5 Å². The molecular weight excluding hydrogens is 352 g/mol. The summed E-state index contributed by atoms with van der Waals surface area (Å²) in [6, 6.07) is 9.63. The standard InChI is InChI=1S/C19H17ClN4O2/c1-3-26-19(25)23-10-12-6-13(11-22-9-12)18-16(8-21)15-5-4-14(20)7-17(15)24(18)2/h4-7,9,11H,3,10H2,1-2H3,(H,23,25). The van der Waals surface area contributed by atoms with Gasteiger partial charge in [-0.15, -0.1) is 0 Å². The normalized spacial score (nSPS) is 10.5. The van der Waals surface area contributed by atoms with E-state index in [1.54, 1.807) is 25.4 Å². The third-order valence-electron chi connectivity index (χ3n) is 4.06. The van der Waals surface area contributed by atoms with E-state index in [2.05, 4.69) is 16.4 Å². The second-order valence-corrected chi connectivity index (χ2v) is 6.15. The highest BCUT2D eigenvalue weighted by Gasteiger charge is 2.17. The van der Waals surface area contributed by atoms with E-state index in [-0.39, 0.29) is 6.54 Å². The summed E-state index contributed by atoms with van der Waals surface area (Å²) in [7, 11) is 1.89. The number of fused-ring (bicyclic) bond motifs is 1. The van der Waals surface area contributed by atoms with Crippen molar-refractivity contribution in [1.82, 2.24) is 14.9 Å². The number of ether oxygens (including phenoxy) is 1. The maximum absolute atomic E-state index is 11.5. The van der Waals surface area contributed by atoms with E-state index in [4.69, 9.17) is 16.3 Å². The van der Waals surface area contributed by atoms with E-state index < -0.39 is 6.09 Å². The van der Waals surface area contributed by atoms with E-state index in [9.17, 15) is 10.1 Å². The second kappa shape index (κ2) is 7.46. The van der Waals surface area contributed by atoms with E-state index in [0.717, 1.165) is 27.7 Å². The number of carbonyl (C=O) groups is 1. The number of aryl methyl sites for hydroxylation is 1. The maximum atomic E-state index is 11.5. The van der Waals surface area contributed by atoms with Gasteiger partial charge < -0.3 is 14.6 Å². The molecule has 26 heavy (non-hydrogen) atoms. The van der Waals surface area contributed by atoms with Crippen LogP contribution >= 0.6 is 11.6 Å². The quantitative estimate of drug-likeness (QED) is 0.754. The van der Waals surface area contributed by atoms with Crippen molar-refractivity contribution >= 4 is 28.6 Å². The highest BCUT2D eigenvalue weighted by molar-refractivity contribution is 6.31. The fourth-order valence-electron chi connectivity index (χ4n) is 2.93. The summed E-state index contributed by atoms with van der Waals surface area (Å²) in [5, 5.41) is 13.8. The topological polar surface area (TPSA) is 79.9 Å². The number of benzene rings is 1. The van der Waals surface area contributed by atoms with E-state index >= 15 is 0 Å². The first-order valence-electron chi connectivity index (χ1n) is 8.08. The third kappa shape index (κ3) is 3.35. The molecule has 0 fully saturated rings. The minimum atomic E-state index is -0.477. The van der Waals surface area contributed by atoms with Gasteiger partial charge in [-0.25, -0.2) is 4.79 Å². The van der Waals surface area contributed by atoms with Crippen LogP contribution in [0, 0.1) is 11.3 Å². The first-order chi connectivity index (χ1) is 12.5. The molecule has 0 saturated carbocycles. The molecule has 0 aliphatic heterocycles. The van der Waals surface area contributed by atoms with Gasteiger partial charge in [0.05, 0.1) is 23.4 Å². The number of halogens is 1. The lowest BCUT2D eigenvalue weighted by Gasteiger charge is -2.08. The molecule has 0 aliphatic carbocycles. The maximum Gasteiger partial charge on any atom is 0.407 e. The summed E-state index contributed by atoms with van der Waals surface area (Å²) in [5.74, 6) is 0. The van der Waals surface area contributed by atoms with Crippen LogP contribution in [0.1, 0.15) is 18.1 Å². The van der Waals surface area contributed by atoms with Gasteiger partial charge >= 0.3 is 6.09 Å². The summed E-state index contributed by atoms with van der Waals surface area (Å²) in [6.45, 7) is 2.35. The van der Waals surface area contributed by atoms with Crippen LogP contribution in [0.4, 0.5) is 4.79 Å². The zero-order valence-corrected chi connectivity index (χ0v) is 15.2. The average molecular weight is 369 g/mol. The summed E-state index contributed by atoms with van der Waals surface area (Å²) >= 11 is 6.10. The molecule has 0 spiro atoms. The number of hydrogen-bond donors (Lipinski definition) is 1. The van der Waals surface area contributed by atoms with Gasteiger partial charge in [-0.2, -0.15) is 5.26 Å². The Bertz CT molecular complexity index is 1020. The van der Waals surface area contributed by atoms with Crippen LogP contribution in [0.5, 0.6) is 0 Å². The lowest BCUT2D eigenvalue weighted by atomic mass is 10.1. The number of rotatable bonds is 4. The number of amides is 1. The van der Waals surface area contributed by atoms with Gasteiger partial charge in [-0.1, -0.05) is 11.6 Å². The molecule has 132 valence electrons. The molecule has 0 atom stereocenters. The third-order valence-corrected chi connectivity index (χ3v) is 4.29. The molecule has 0 aliphatic rings. The number of nitrogens with zero attached hydrogens (tertiary/aromatic N) is 3. The van der Waals surface area contributed by atoms with Gasteiger partial charge in [0.25, 0.3) is 0 Å². The molecule has 6 nitrogen and oxygen atoms in total. The summed E-state index contributed by atoms with van der Waals surface area (Å²) in [4.78, 5) is 15.7. The van der Waals surface area contributed by atoms with E-state index in [0.29, 0.717) is 17.2 Å². The Balaban J connectivity index is 2.02. The Morgan fingerprint density at radius 2 is 2.19 bits per heavy atom. The smallest absolute Gasteiger partial charge is 0.407 e. The van der Waals surface area contributed by atoms with Crippen LogP contribution in [0.3, 0.4) is 0 Å². The molecule has 0 bridgehead atoms. The molecule has 0 radical (unpaired) electrons. The Hall–Kier alpha value is -3.04. The fourth-order valence-corrected chi connectivity index (χ4v) is 3.10. The van der Waals surface area contributed by atoms with Crippen molar-refractivity contribution in [2.24, 2.45) is 7.05 Å². The first-order valence-corrected chi connectivity index (χ1v) is 8.46. The predicted molar refractivity (Wildman–Crippen MR) is 99.7 cm³/mol. The fraction of sp³-hybridized carbons (Fsp3) is 0.211. The number of carbonyl (C=O) groups excluding carboxylic acids is 1. The van der Waals surface area contributed by atoms with Crippen molar-refractivity contribution < 1.29 is 9.53 Å². The zero-order valence-electron chi connectivity index (χ0n) is 14.4. The molecule has 3 aromatic rings. The van der Waals surface area contributed by atoms with Gasteiger partial charge in [0.2, 0.25) is 0 Å². The SMILES string of the molecule is CCOC(=O)NCc1cncc(-c2c(C#N)c3ccc(Cl)cc3n2C)c1. The number of nitrogens with one attached hydrogen (secondary N) is 1. The van der Waals surface area contributed by atoms with Crippen molar-refractivity contribution in [1.29, 1.82) is 5.26 Å². The average Bonchev–Trinajstić information content (AvgIpc) is 2.92. The number of nitriles is 1. The number of alkyl carbamates (subject to hydrolysis) is 1. The summed E-state index contributed by atoms with van der Waals surface area (Å²) in [5.41, 5.74) is 3.80. The molecule has 0 saturated heterocycles. The van der Waals surface area contributed by atoms with Gasteiger partial charge in [0, 0.05) is 42.0 Å². The van der Waals surface area contributed by atoms with Crippen molar-refractivity contribution in [3.05, 3.63) is 52.8 Å². The molecule has 3 rings (SSSR count). The van der Waals surface area contributed by atoms with Crippen LogP contribution in [-0.2, 0) is 18.3 Å². The summed E-state index contributed by atoms with van der Waals surface area (Å²) < 4.78 is 6.78. The van der Waals surface area contributed by atoms with Crippen LogP contribution in [0.25, 0.3) is 22.2 Å². The molecule has 1 aromatic carbocycles. The van der Waals surface area contributed by atoms with Crippen molar-refractivity contribution in [2.75, 3.05) is 6.61 Å². The van der Waals surface area contributed by atoms with Crippen molar-refractivity contribution in [3.63, 3.8) is 0 Å². The Labute approximate surface area is 156 Å². The van der Waals surface area contributed by atoms with E-state index in [1.165, 1.54) is 0 Å². The highest BCUT2D eigenvalue weighted by atomic mass is 35.5. The number of hydrogen-bond acceptors (Lipinski definition) is 4. The Kier molecular flexibility index (Phi) is 5.10. The predicted octanol–water partition coefficient (Wildman–Crippen LogP) is 4.01. The molecule has 2 aromatic heterocycles. The van der Waals surface area contributed by atoms with Crippen LogP contribution in [0.15, 0.2) is 36.7 Å². The molecule has 0 unspecified atom stereocenters. The molecule has 1 amide bonds. The Morgan fingerprint density at radius 1 is 1.38 bits per heavy atom. The molecule has 1 N–H and O–H groups in total. The van der Waals surface area contributed by atoms with Crippen LogP contribution in [-0.4, -0.2) is 22.3 Å². The number of pyridine rings is 1. The molecular formula is C19H17ClN4O2. The zero-order chi connectivity index (χ0) is 18.7. The van der Waals surface area contributed by atoms with Gasteiger partial charge in [0.1, 0.15) is 6.07 Å². The molecule has 7 heteroatoms. The minimum Gasteiger partial charge on any atom is -0.450 e. The monoisotopic (exact) mass is 368 g/mol. The van der Waals surface area contributed by atoms with Gasteiger partial charge in [0.15, 0.2) is 0 Å². The Morgan fingerprint density at radius 3 is 2.92 bits per heavy atom. The van der Waals surface area contributed by atoms with Crippen LogP contribution in [0.2, 0.25) is 5.02 Å². The molecule has 2 heterocycles. The second-order valence-electron chi connectivity index (χ2n) is 5.71.